The van der Waals surface area contributed by atoms with Gasteiger partial charge in [0.2, 0.25) is 17.2 Å². The Kier molecular flexibility index (Phi) is 9.41. The topological polar surface area (TPSA) is 127 Å². The smallest absolute Gasteiger partial charge is 0.332 e. The van der Waals surface area contributed by atoms with E-state index in [2.05, 4.69) is 12.2 Å². The van der Waals surface area contributed by atoms with E-state index in [1.807, 2.05) is 24.3 Å². The number of aromatic nitrogens is 2. The van der Waals surface area contributed by atoms with E-state index in [-0.39, 0.29) is 45.4 Å². The van der Waals surface area contributed by atoms with Crippen molar-refractivity contribution in [2.24, 2.45) is 20.0 Å². The molecule has 1 spiro atoms. The summed E-state index contributed by atoms with van der Waals surface area (Å²) in [6.07, 6.45) is 7.09. The van der Waals surface area contributed by atoms with Crippen molar-refractivity contribution >= 4 is 29.0 Å². The number of unbranched alkanes of at least 4 members (excludes halogenated alkanes) is 5. The Morgan fingerprint density at radius 2 is 1.61 bits per heavy atom. The monoisotopic (exact) mass is 691 g/mol. The Labute approximate surface area is 289 Å². The second kappa shape index (κ2) is 13.4. The van der Waals surface area contributed by atoms with Crippen LogP contribution in [-0.2, 0) is 18.9 Å². The highest BCUT2D eigenvalue weighted by Crippen LogP contribution is 2.56. The molecule has 1 aromatic heterocycles. The van der Waals surface area contributed by atoms with Gasteiger partial charge in [-0.25, -0.2) is 4.79 Å². The molecule has 3 aromatic rings. The first-order chi connectivity index (χ1) is 23.5. The van der Waals surface area contributed by atoms with Crippen LogP contribution in [0, 0.1) is 5.92 Å². The van der Waals surface area contributed by atoms with Crippen molar-refractivity contribution in [2.45, 2.75) is 70.3 Å². The molecule has 2 aromatic carbocycles. The van der Waals surface area contributed by atoms with Crippen LogP contribution in [0.3, 0.4) is 0 Å². The minimum atomic E-state index is -1.98. The van der Waals surface area contributed by atoms with E-state index >= 15 is 4.79 Å². The zero-order valence-electron chi connectivity index (χ0n) is 28.7. The molecule has 3 aliphatic rings. The summed E-state index contributed by atoms with van der Waals surface area (Å²) in [6, 6.07) is 8.76. The number of hydrogen-bond acceptors (Lipinski definition) is 9. The molecule has 0 radical (unpaired) electrons. The van der Waals surface area contributed by atoms with Crippen LogP contribution in [0.25, 0.3) is 0 Å². The number of Topliss-reactive ketones (excluding diaryl/α,β-unsaturated/α-hetero) is 2. The fourth-order valence-electron chi connectivity index (χ4n) is 7.35. The van der Waals surface area contributed by atoms with E-state index < -0.39 is 40.3 Å². The van der Waals surface area contributed by atoms with Gasteiger partial charge in [0.05, 0.1) is 26.4 Å². The number of nitrogens with one attached hydrogen (secondary N) is 1. The molecule has 3 heterocycles. The van der Waals surface area contributed by atoms with Gasteiger partial charge in [0.1, 0.15) is 33.7 Å². The number of carbonyl (C=O) groups is 2. The number of ether oxygens (including phenoxy) is 4. The Balaban J connectivity index is 1.43. The number of ketones is 2. The van der Waals surface area contributed by atoms with Crippen molar-refractivity contribution in [2.75, 3.05) is 26.1 Å². The molecule has 3 unspecified atom stereocenters. The molecule has 49 heavy (non-hydrogen) atoms. The van der Waals surface area contributed by atoms with Gasteiger partial charge in [-0.1, -0.05) is 69.7 Å². The van der Waals surface area contributed by atoms with Crippen molar-refractivity contribution in [3.05, 3.63) is 84.2 Å². The SMILES string of the molecule is CCCCCCCCOc1ccc(C2C3=C(CC(C)C4(Oc5c(Cl)c(OC)cc(OC)c5C4=O)C3=O)Nc3c2c(=O)n(C)c(=O)n3C)cc1. The molecular formula is C37H42ClN3O8. The van der Waals surface area contributed by atoms with Crippen LogP contribution in [0.1, 0.15) is 86.2 Å². The van der Waals surface area contributed by atoms with Gasteiger partial charge in [-0.05, 0) is 30.5 Å². The van der Waals surface area contributed by atoms with Gasteiger partial charge in [0, 0.05) is 43.3 Å². The number of carbonyl (C=O) groups excluding carboxylic acids is 2. The largest absolute Gasteiger partial charge is 0.496 e. The second-order valence-electron chi connectivity index (χ2n) is 13.0. The lowest BCUT2D eigenvalue weighted by Gasteiger charge is -2.42. The minimum absolute atomic E-state index is 0.0120. The second-order valence-corrected chi connectivity index (χ2v) is 13.4. The molecule has 3 atom stereocenters. The van der Waals surface area contributed by atoms with Gasteiger partial charge in [-0.15, -0.1) is 0 Å². The fourth-order valence-corrected chi connectivity index (χ4v) is 7.62. The van der Waals surface area contributed by atoms with Gasteiger partial charge in [-0.3, -0.25) is 23.5 Å². The van der Waals surface area contributed by atoms with Crippen LogP contribution in [0.5, 0.6) is 23.0 Å². The average molecular weight is 692 g/mol. The fraction of sp³-hybridized carbons (Fsp3) is 0.459. The van der Waals surface area contributed by atoms with Gasteiger partial charge in [0.15, 0.2) is 5.75 Å². The first-order valence-electron chi connectivity index (χ1n) is 16.8. The lowest BCUT2D eigenvalue weighted by Crippen LogP contribution is -2.58. The quantitative estimate of drug-likeness (QED) is 0.192. The molecule has 0 bridgehead atoms. The molecule has 0 fully saturated rings. The number of nitrogens with zero attached hydrogens (tertiary/aromatic N) is 2. The summed E-state index contributed by atoms with van der Waals surface area (Å²) in [6.45, 7) is 4.53. The van der Waals surface area contributed by atoms with Crippen LogP contribution in [0.2, 0.25) is 5.02 Å². The number of fused-ring (bicyclic) bond motifs is 2. The van der Waals surface area contributed by atoms with E-state index in [1.54, 1.807) is 14.0 Å². The number of allylic oxidation sites excluding steroid dienone is 1. The molecule has 6 rings (SSSR count). The van der Waals surface area contributed by atoms with Crippen molar-refractivity contribution in [1.29, 1.82) is 0 Å². The van der Waals surface area contributed by atoms with Gasteiger partial charge < -0.3 is 24.3 Å². The molecule has 11 nitrogen and oxygen atoms in total. The van der Waals surface area contributed by atoms with E-state index in [0.717, 1.165) is 17.4 Å². The standard InChI is InChI=1S/C37H42ClN3O8/c1-7-8-9-10-11-12-17-48-22-15-13-21(14-16-22)26-27-23(39-34-29(26)35(44)41(4)36(45)40(34)3)18-20(2)37(32(27)42)33(43)28-24(46-5)19-25(47-6)30(38)31(28)49-37/h13-16,19-20,26,39H,7-12,17-18H2,1-6H3. The van der Waals surface area contributed by atoms with Gasteiger partial charge in [-0.2, -0.15) is 0 Å². The summed E-state index contributed by atoms with van der Waals surface area (Å²) >= 11 is 6.65. The van der Waals surface area contributed by atoms with E-state index in [1.165, 1.54) is 57.6 Å². The maximum absolute atomic E-state index is 15.1. The third kappa shape index (κ3) is 5.42. The van der Waals surface area contributed by atoms with Crippen LogP contribution in [-0.4, -0.2) is 47.1 Å². The number of methoxy groups -OCH3 is 2. The molecule has 12 heteroatoms. The van der Waals surface area contributed by atoms with Gasteiger partial charge in [0.25, 0.3) is 5.56 Å². The average Bonchev–Trinajstić information content (AvgIpc) is 3.42. The molecule has 0 amide bonds. The zero-order valence-corrected chi connectivity index (χ0v) is 29.5. The number of anilines is 1. The van der Waals surface area contributed by atoms with E-state index in [0.29, 0.717) is 29.4 Å². The van der Waals surface area contributed by atoms with Crippen LogP contribution in [0.4, 0.5) is 5.82 Å². The van der Waals surface area contributed by atoms with Crippen LogP contribution in [0.15, 0.2) is 51.2 Å². The molecule has 2 aliphatic heterocycles. The van der Waals surface area contributed by atoms with E-state index in [4.69, 9.17) is 30.5 Å². The van der Waals surface area contributed by atoms with Crippen molar-refractivity contribution < 1.29 is 28.5 Å². The highest BCUT2D eigenvalue weighted by atomic mass is 35.5. The lowest BCUT2D eigenvalue weighted by molar-refractivity contribution is -0.130. The van der Waals surface area contributed by atoms with Crippen molar-refractivity contribution in [3.63, 3.8) is 0 Å². The summed E-state index contributed by atoms with van der Waals surface area (Å²) in [4.78, 5) is 56.5. The third-order valence-electron chi connectivity index (χ3n) is 10.1. The molecule has 0 saturated carbocycles. The van der Waals surface area contributed by atoms with Crippen LogP contribution >= 0.6 is 11.6 Å². The van der Waals surface area contributed by atoms with Crippen molar-refractivity contribution in [3.8, 4) is 23.0 Å². The minimum Gasteiger partial charge on any atom is -0.496 e. The number of halogens is 1. The van der Waals surface area contributed by atoms with Crippen molar-refractivity contribution in [1.82, 2.24) is 9.13 Å². The Hall–Kier alpha value is -4.51. The normalized spacial score (nSPS) is 20.8. The first kappa shape index (κ1) is 34.4. The Bertz CT molecular complexity index is 1980. The lowest BCUT2D eigenvalue weighted by atomic mass is 9.66. The maximum Gasteiger partial charge on any atom is 0.332 e. The molecule has 0 saturated heterocycles. The zero-order chi connectivity index (χ0) is 35.2. The van der Waals surface area contributed by atoms with Crippen LogP contribution < -0.4 is 35.5 Å². The highest BCUT2D eigenvalue weighted by molar-refractivity contribution is 6.36. The molecule has 1 N–H and O–H groups in total. The summed E-state index contributed by atoms with van der Waals surface area (Å²) in [5.41, 5.74) is -1.43. The summed E-state index contributed by atoms with van der Waals surface area (Å²) in [5, 5.41) is 3.29. The first-order valence-corrected chi connectivity index (χ1v) is 17.1. The highest BCUT2D eigenvalue weighted by Gasteiger charge is 2.63. The number of hydrogen-bond donors (Lipinski definition) is 1. The molecule has 260 valence electrons. The molecule has 1 aliphatic carbocycles. The predicted octanol–water partition coefficient (Wildman–Crippen LogP) is 5.93. The van der Waals surface area contributed by atoms with E-state index in [9.17, 15) is 14.4 Å². The third-order valence-corrected chi connectivity index (χ3v) is 10.4. The summed E-state index contributed by atoms with van der Waals surface area (Å²) < 4.78 is 25.7. The Morgan fingerprint density at radius 1 is 0.939 bits per heavy atom. The summed E-state index contributed by atoms with van der Waals surface area (Å²) in [7, 11) is 5.82. The maximum atomic E-state index is 15.1. The summed E-state index contributed by atoms with van der Waals surface area (Å²) in [5.74, 6) is -1.39. The number of rotatable bonds is 11. The molecular weight excluding hydrogens is 650 g/mol. The number of benzene rings is 2. The predicted molar refractivity (Wildman–Crippen MR) is 186 cm³/mol. The Morgan fingerprint density at radius 3 is 2.29 bits per heavy atom. The van der Waals surface area contributed by atoms with Gasteiger partial charge >= 0.3 is 5.69 Å².